The Morgan fingerprint density at radius 1 is 1.22 bits per heavy atom. The third-order valence-corrected chi connectivity index (χ3v) is 4.90. The summed E-state index contributed by atoms with van der Waals surface area (Å²) in [5.41, 5.74) is 7.12. The quantitative estimate of drug-likeness (QED) is 0.737. The van der Waals surface area contributed by atoms with Crippen LogP contribution < -0.4 is 11.1 Å². The zero-order valence-electron chi connectivity index (χ0n) is 11.6. The Labute approximate surface area is 144 Å². The number of hydrogen-bond donors (Lipinski definition) is 2. The lowest BCUT2D eigenvalue weighted by Crippen LogP contribution is -2.15. The number of carbonyl (C=O) groups is 2. The number of hydrogen-bond acceptors (Lipinski definition) is 5. The summed E-state index contributed by atoms with van der Waals surface area (Å²) in [6.07, 6.45) is 0. The average molecular weight is 364 g/mol. The van der Waals surface area contributed by atoms with Crippen LogP contribution in [-0.4, -0.2) is 16.8 Å². The maximum absolute atomic E-state index is 12.2. The Morgan fingerprint density at radius 2 is 2.04 bits per heavy atom. The molecule has 0 aliphatic heterocycles. The van der Waals surface area contributed by atoms with Crippen LogP contribution in [0.15, 0.2) is 40.4 Å². The van der Waals surface area contributed by atoms with E-state index in [1.165, 1.54) is 23.5 Å². The average Bonchev–Trinajstić information content (AvgIpc) is 3.19. The van der Waals surface area contributed by atoms with Crippen molar-refractivity contribution < 1.29 is 9.59 Å². The van der Waals surface area contributed by atoms with Crippen molar-refractivity contribution in [2.24, 2.45) is 5.73 Å². The molecule has 0 atom stereocenters. The lowest BCUT2D eigenvalue weighted by molar-refractivity contribution is 0.0995. The second kappa shape index (κ2) is 6.49. The molecule has 3 aromatic rings. The van der Waals surface area contributed by atoms with Crippen LogP contribution in [0, 0.1) is 0 Å². The number of nitrogens with two attached hydrogens (primary N) is 1. The molecule has 2 amide bonds. The third-order valence-electron chi connectivity index (χ3n) is 2.99. The molecular weight excluding hydrogens is 354 g/mol. The molecule has 3 rings (SSSR count). The fourth-order valence-electron chi connectivity index (χ4n) is 1.88. The minimum absolute atomic E-state index is 0.154. The molecule has 1 aromatic carbocycles. The van der Waals surface area contributed by atoms with E-state index in [-0.39, 0.29) is 16.5 Å². The minimum atomic E-state index is -0.653. The van der Waals surface area contributed by atoms with Gasteiger partial charge in [-0.05, 0) is 29.6 Å². The van der Waals surface area contributed by atoms with Crippen LogP contribution in [0.1, 0.15) is 20.8 Å². The second-order valence-electron chi connectivity index (χ2n) is 4.56. The molecule has 116 valence electrons. The van der Waals surface area contributed by atoms with E-state index in [2.05, 4.69) is 10.3 Å². The minimum Gasteiger partial charge on any atom is -0.366 e. The Morgan fingerprint density at radius 3 is 2.74 bits per heavy atom. The molecule has 2 heterocycles. The van der Waals surface area contributed by atoms with Gasteiger partial charge in [-0.2, -0.15) is 11.3 Å². The van der Waals surface area contributed by atoms with Gasteiger partial charge >= 0.3 is 0 Å². The van der Waals surface area contributed by atoms with Crippen LogP contribution in [-0.2, 0) is 0 Å². The molecule has 0 aliphatic rings. The van der Waals surface area contributed by atoms with Gasteiger partial charge in [-0.25, -0.2) is 4.98 Å². The Bertz CT molecular complexity index is 875. The number of thiophene rings is 1. The predicted molar refractivity (Wildman–Crippen MR) is 93.4 cm³/mol. The number of nitrogens with zero attached hydrogens (tertiary/aromatic N) is 1. The number of primary amides is 1. The molecule has 0 fully saturated rings. The van der Waals surface area contributed by atoms with Crippen molar-refractivity contribution in [1.29, 1.82) is 0 Å². The van der Waals surface area contributed by atoms with Gasteiger partial charge in [-0.1, -0.05) is 11.6 Å². The first-order valence-corrected chi connectivity index (χ1v) is 8.63. The smallest absolute Gasteiger partial charge is 0.275 e. The standard InChI is InChI=1S/C15H10ClN3O2S2/c16-11-2-1-9(5-10(11)13(17)20)18-14(21)12-7-23-15(19-12)8-3-4-22-6-8/h1-7H,(H2,17,20)(H,18,21). The zero-order valence-corrected chi connectivity index (χ0v) is 14.0. The lowest BCUT2D eigenvalue weighted by Gasteiger charge is -2.06. The summed E-state index contributed by atoms with van der Waals surface area (Å²) in [4.78, 5) is 27.8. The van der Waals surface area contributed by atoms with Crippen LogP contribution in [0.5, 0.6) is 0 Å². The van der Waals surface area contributed by atoms with Crippen LogP contribution in [0.2, 0.25) is 5.02 Å². The molecule has 5 nitrogen and oxygen atoms in total. The number of rotatable bonds is 4. The van der Waals surface area contributed by atoms with Gasteiger partial charge in [0.1, 0.15) is 10.7 Å². The summed E-state index contributed by atoms with van der Waals surface area (Å²) in [5.74, 6) is -1.01. The normalized spacial score (nSPS) is 10.5. The SMILES string of the molecule is NC(=O)c1cc(NC(=O)c2csc(-c3ccsc3)n2)ccc1Cl. The van der Waals surface area contributed by atoms with Crippen molar-refractivity contribution in [3.05, 3.63) is 56.7 Å². The lowest BCUT2D eigenvalue weighted by atomic mass is 10.2. The molecule has 2 aromatic heterocycles. The monoisotopic (exact) mass is 363 g/mol. The van der Waals surface area contributed by atoms with Crippen molar-refractivity contribution in [3.63, 3.8) is 0 Å². The molecule has 0 radical (unpaired) electrons. The predicted octanol–water partition coefficient (Wildman–Crippen LogP) is 3.88. The van der Waals surface area contributed by atoms with Crippen LogP contribution in [0.4, 0.5) is 5.69 Å². The Balaban J connectivity index is 1.80. The summed E-state index contributed by atoms with van der Waals surface area (Å²) in [6, 6.07) is 6.49. The summed E-state index contributed by atoms with van der Waals surface area (Å²) < 4.78 is 0. The highest BCUT2D eigenvalue weighted by molar-refractivity contribution is 7.14. The first-order chi connectivity index (χ1) is 11.0. The third kappa shape index (κ3) is 3.42. The summed E-state index contributed by atoms with van der Waals surface area (Å²) in [7, 11) is 0. The second-order valence-corrected chi connectivity index (χ2v) is 6.61. The van der Waals surface area contributed by atoms with Gasteiger partial charge in [0.25, 0.3) is 5.91 Å². The van der Waals surface area contributed by atoms with Crippen molar-refractivity contribution in [2.75, 3.05) is 5.32 Å². The van der Waals surface area contributed by atoms with Gasteiger partial charge in [0, 0.05) is 22.0 Å². The van der Waals surface area contributed by atoms with E-state index < -0.39 is 5.91 Å². The van der Waals surface area contributed by atoms with E-state index in [0.29, 0.717) is 11.4 Å². The number of halogens is 1. The molecule has 0 spiro atoms. The topological polar surface area (TPSA) is 85.1 Å². The highest BCUT2D eigenvalue weighted by atomic mass is 35.5. The van der Waals surface area contributed by atoms with Gasteiger partial charge in [0.05, 0.1) is 10.6 Å². The fourth-order valence-corrected chi connectivity index (χ4v) is 3.61. The molecule has 0 unspecified atom stereocenters. The highest BCUT2D eigenvalue weighted by Crippen LogP contribution is 2.26. The van der Waals surface area contributed by atoms with Gasteiger partial charge in [-0.3, -0.25) is 9.59 Å². The summed E-state index contributed by atoms with van der Waals surface area (Å²) in [6.45, 7) is 0. The molecule has 8 heteroatoms. The van der Waals surface area contributed by atoms with Gasteiger partial charge in [0.2, 0.25) is 5.91 Å². The first-order valence-electron chi connectivity index (χ1n) is 6.43. The number of amides is 2. The maximum atomic E-state index is 12.2. The molecule has 23 heavy (non-hydrogen) atoms. The molecule has 0 bridgehead atoms. The molecule has 0 aliphatic carbocycles. The Hall–Kier alpha value is -2.22. The van der Waals surface area contributed by atoms with Gasteiger partial charge in [-0.15, -0.1) is 11.3 Å². The van der Waals surface area contributed by atoms with Crippen molar-refractivity contribution in [1.82, 2.24) is 4.98 Å². The number of nitrogens with one attached hydrogen (secondary N) is 1. The first kappa shape index (κ1) is 15.7. The molecule has 0 saturated carbocycles. The Kier molecular flexibility index (Phi) is 4.42. The van der Waals surface area contributed by atoms with Crippen molar-refractivity contribution >= 4 is 51.8 Å². The van der Waals surface area contributed by atoms with E-state index in [1.807, 2.05) is 16.8 Å². The molecular formula is C15H10ClN3O2S2. The summed E-state index contributed by atoms with van der Waals surface area (Å²) in [5, 5.41) is 9.32. The van der Waals surface area contributed by atoms with E-state index in [4.69, 9.17) is 17.3 Å². The van der Waals surface area contributed by atoms with E-state index >= 15 is 0 Å². The fraction of sp³-hybridized carbons (Fsp3) is 0. The number of thiazole rings is 1. The van der Waals surface area contributed by atoms with Crippen molar-refractivity contribution in [3.8, 4) is 10.6 Å². The van der Waals surface area contributed by atoms with E-state index in [1.54, 1.807) is 22.8 Å². The highest BCUT2D eigenvalue weighted by Gasteiger charge is 2.14. The zero-order chi connectivity index (χ0) is 16.4. The van der Waals surface area contributed by atoms with Gasteiger partial charge < -0.3 is 11.1 Å². The van der Waals surface area contributed by atoms with Gasteiger partial charge in [0.15, 0.2) is 0 Å². The molecule has 0 saturated heterocycles. The number of anilines is 1. The largest absolute Gasteiger partial charge is 0.366 e. The molecule has 3 N–H and O–H groups in total. The van der Waals surface area contributed by atoms with E-state index in [0.717, 1.165) is 10.6 Å². The maximum Gasteiger partial charge on any atom is 0.275 e. The number of carbonyl (C=O) groups excluding carboxylic acids is 2. The van der Waals surface area contributed by atoms with Crippen LogP contribution in [0.3, 0.4) is 0 Å². The van der Waals surface area contributed by atoms with E-state index in [9.17, 15) is 9.59 Å². The van der Waals surface area contributed by atoms with Crippen LogP contribution >= 0.6 is 34.3 Å². The number of aromatic nitrogens is 1. The number of benzene rings is 1. The van der Waals surface area contributed by atoms with Crippen LogP contribution in [0.25, 0.3) is 10.6 Å². The van der Waals surface area contributed by atoms with Crippen molar-refractivity contribution in [2.45, 2.75) is 0 Å². The summed E-state index contributed by atoms with van der Waals surface area (Å²) >= 11 is 8.85.